The smallest absolute Gasteiger partial charge is 0.325 e. The van der Waals surface area contributed by atoms with Crippen LogP contribution in [0, 0.1) is 0 Å². The summed E-state index contributed by atoms with van der Waals surface area (Å²) in [5.41, 5.74) is 2.40. The molecule has 1 atom stereocenters. The largest absolute Gasteiger partial charge is 0.507 e. The number of phenols is 1. The molecule has 1 unspecified atom stereocenters. The number of urea groups is 1. The van der Waals surface area contributed by atoms with Crippen LogP contribution in [0.5, 0.6) is 5.75 Å². The Hall–Kier alpha value is -2.82. The van der Waals surface area contributed by atoms with Gasteiger partial charge in [0.15, 0.2) is 0 Å². The summed E-state index contributed by atoms with van der Waals surface area (Å²) in [6, 6.07) is 13.3. The van der Waals surface area contributed by atoms with E-state index in [1.165, 1.54) is 4.90 Å². The number of aromatic hydroxyl groups is 1. The van der Waals surface area contributed by atoms with Gasteiger partial charge in [0.05, 0.1) is 6.54 Å². The lowest BCUT2D eigenvalue weighted by Crippen LogP contribution is -2.44. The normalized spacial score (nSPS) is 19.4. The third-order valence-electron chi connectivity index (χ3n) is 6.23. The van der Waals surface area contributed by atoms with Crippen molar-refractivity contribution in [2.75, 3.05) is 0 Å². The summed E-state index contributed by atoms with van der Waals surface area (Å²) in [4.78, 5) is 27.1. The van der Waals surface area contributed by atoms with Crippen molar-refractivity contribution in [1.82, 2.24) is 10.2 Å². The molecule has 0 bridgehead atoms. The first-order valence-corrected chi connectivity index (χ1v) is 11.3. The predicted molar refractivity (Wildman–Crippen MR) is 128 cm³/mol. The predicted octanol–water partition coefficient (Wildman–Crippen LogP) is 5.43. The molecule has 32 heavy (non-hydrogen) atoms. The van der Waals surface area contributed by atoms with E-state index in [1.54, 1.807) is 6.92 Å². The van der Waals surface area contributed by atoms with Crippen LogP contribution in [-0.4, -0.2) is 27.5 Å². The lowest BCUT2D eigenvalue weighted by Gasteiger charge is -2.29. The number of carbonyl (C=O) groups is 2. The van der Waals surface area contributed by atoms with Crippen molar-refractivity contribution < 1.29 is 14.7 Å². The third-order valence-corrected chi connectivity index (χ3v) is 6.23. The zero-order chi connectivity index (χ0) is 23.9. The fourth-order valence-electron chi connectivity index (χ4n) is 4.20. The molecule has 0 aliphatic carbocycles. The summed E-state index contributed by atoms with van der Waals surface area (Å²) in [5, 5.41) is 13.9. The van der Waals surface area contributed by atoms with Crippen molar-refractivity contribution in [3.05, 3.63) is 64.7 Å². The maximum absolute atomic E-state index is 13.2. The van der Waals surface area contributed by atoms with Crippen LogP contribution in [0.15, 0.2) is 42.5 Å². The van der Waals surface area contributed by atoms with Gasteiger partial charge in [0.2, 0.25) is 0 Å². The minimum atomic E-state index is -0.951. The lowest BCUT2D eigenvalue weighted by molar-refractivity contribution is -0.131. The second-order valence-corrected chi connectivity index (χ2v) is 11.2. The fraction of sp³-hybridized carbons (Fsp3) is 0.481. The summed E-state index contributed by atoms with van der Waals surface area (Å²) in [5.74, 6) is 0.150. The standard InChI is InChI=1S/C27H36N2O3/c1-25(2,3)20-15-19(16-21(22(20)30)26(4,5)6)13-14-27(7)23(31)29(24(32)28-27)17-18-11-9-8-10-12-18/h8-12,15-16,30H,13-14,17H2,1-7H3,(H,28,32). The Morgan fingerprint density at radius 3 is 1.94 bits per heavy atom. The number of aryl methyl sites for hydroxylation is 1. The van der Waals surface area contributed by atoms with Gasteiger partial charge in [0.25, 0.3) is 5.91 Å². The molecule has 2 N–H and O–H groups in total. The zero-order valence-electron chi connectivity index (χ0n) is 20.4. The Morgan fingerprint density at radius 1 is 0.906 bits per heavy atom. The van der Waals surface area contributed by atoms with Crippen LogP contribution < -0.4 is 5.32 Å². The molecular formula is C27H36N2O3. The number of imide groups is 1. The molecule has 5 nitrogen and oxygen atoms in total. The molecule has 2 aromatic carbocycles. The highest BCUT2D eigenvalue weighted by Crippen LogP contribution is 2.40. The second-order valence-electron chi connectivity index (χ2n) is 11.2. The Bertz CT molecular complexity index is 980. The summed E-state index contributed by atoms with van der Waals surface area (Å²) in [6.45, 7) is 14.6. The van der Waals surface area contributed by atoms with Crippen molar-refractivity contribution in [2.45, 2.75) is 84.2 Å². The SMILES string of the molecule is CC1(CCc2cc(C(C)(C)C)c(O)c(C(C)(C)C)c2)NC(=O)N(Cc2ccccc2)C1=O. The Labute approximate surface area is 191 Å². The van der Waals surface area contributed by atoms with Crippen LogP contribution in [0.4, 0.5) is 4.79 Å². The number of carbonyl (C=O) groups excluding carboxylic acids is 2. The molecule has 0 radical (unpaired) electrons. The molecule has 0 saturated carbocycles. The van der Waals surface area contributed by atoms with Crippen LogP contribution in [0.2, 0.25) is 0 Å². The van der Waals surface area contributed by atoms with Gasteiger partial charge in [-0.25, -0.2) is 4.79 Å². The number of phenolic OH excluding ortho intramolecular Hbond substituents is 1. The number of nitrogens with zero attached hydrogens (tertiary/aromatic N) is 1. The van der Waals surface area contributed by atoms with Gasteiger partial charge in [0.1, 0.15) is 11.3 Å². The molecular weight excluding hydrogens is 400 g/mol. The van der Waals surface area contributed by atoms with E-state index in [-0.39, 0.29) is 29.3 Å². The maximum Gasteiger partial charge on any atom is 0.325 e. The molecule has 1 aliphatic rings. The minimum absolute atomic E-state index is 0.197. The van der Waals surface area contributed by atoms with E-state index in [1.807, 2.05) is 42.5 Å². The molecule has 1 aliphatic heterocycles. The fourth-order valence-corrected chi connectivity index (χ4v) is 4.20. The lowest BCUT2D eigenvalue weighted by atomic mass is 9.77. The number of hydrogen-bond acceptors (Lipinski definition) is 3. The van der Waals surface area contributed by atoms with Gasteiger partial charge >= 0.3 is 6.03 Å². The van der Waals surface area contributed by atoms with Gasteiger partial charge in [-0.2, -0.15) is 0 Å². The van der Waals surface area contributed by atoms with Gasteiger partial charge < -0.3 is 10.4 Å². The molecule has 0 spiro atoms. The maximum atomic E-state index is 13.2. The van der Waals surface area contributed by atoms with E-state index < -0.39 is 5.54 Å². The number of amides is 3. The van der Waals surface area contributed by atoms with E-state index in [0.29, 0.717) is 18.6 Å². The Kier molecular flexibility index (Phi) is 6.16. The molecule has 2 aromatic rings. The van der Waals surface area contributed by atoms with Crippen LogP contribution in [0.25, 0.3) is 0 Å². The second kappa shape index (κ2) is 8.27. The number of hydrogen-bond donors (Lipinski definition) is 2. The van der Waals surface area contributed by atoms with Crippen molar-refractivity contribution in [1.29, 1.82) is 0 Å². The molecule has 1 saturated heterocycles. The van der Waals surface area contributed by atoms with Crippen LogP contribution in [0.3, 0.4) is 0 Å². The average molecular weight is 437 g/mol. The summed E-state index contributed by atoms with van der Waals surface area (Å²) in [6.07, 6.45) is 1.11. The summed E-state index contributed by atoms with van der Waals surface area (Å²) in [7, 11) is 0. The molecule has 172 valence electrons. The topological polar surface area (TPSA) is 69.6 Å². The van der Waals surface area contributed by atoms with Crippen LogP contribution in [-0.2, 0) is 28.6 Å². The first kappa shape index (κ1) is 23.8. The van der Waals surface area contributed by atoms with Crippen molar-refractivity contribution >= 4 is 11.9 Å². The highest BCUT2D eigenvalue weighted by atomic mass is 16.3. The van der Waals surface area contributed by atoms with E-state index in [9.17, 15) is 14.7 Å². The molecule has 3 amide bonds. The molecule has 0 aromatic heterocycles. The quantitative estimate of drug-likeness (QED) is 0.614. The highest BCUT2D eigenvalue weighted by molar-refractivity contribution is 6.06. The van der Waals surface area contributed by atoms with E-state index >= 15 is 0 Å². The first-order chi connectivity index (χ1) is 14.7. The number of rotatable bonds is 5. The van der Waals surface area contributed by atoms with Crippen molar-refractivity contribution in [3.63, 3.8) is 0 Å². The number of benzene rings is 2. The molecule has 3 rings (SSSR count). The first-order valence-electron chi connectivity index (χ1n) is 11.3. The van der Waals surface area contributed by atoms with Gasteiger partial charge in [-0.3, -0.25) is 9.69 Å². The molecule has 1 fully saturated rings. The molecule has 5 heteroatoms. The van der Waals surface area contributed by atoms with E-state index in [4.69, 9.17) is 0 Å². The number of nitrogens with one attached hydrogen (secondary N) is 1. The van der Waals surface area contributed by atoms with Crippen molar-refractivity contribution in [2.24, 2.45) is 0 Å². The van der Waals surface area contributed by atoms with E-state index in [0.717, 1.165) is 22.3 Å². The van der Waals surface area contributed by atoms with Crippen LogP contribution in [0.1, 0.15) is 77.1 Å². The third kappa shape index (κ3) is 4.82. The average Bonchev–Trinajstić information content (AvgIpc) is 2.89. The van der Waals surface area contributed by atoms with Crippen LogP contribution >= 0.6 is 0 Å². The van der Waals surface area contributed by atoms with Gasteiger partial charge in [0, 0.05) is 0 Å². The zero-order valence-corrected chi connectivity index (χ0v) is 20.4. The van der Waals surface area contributed by atoms with Crippen molar-refractivity contribution in [3.8, 4) is 5.75 Å². The van der Waals surface area contributed by atoms with E-state index in [2.05, 4.69) is 46.9 Å². The minimum Gasteiger partial charge on any atom is -0.507 e. The van der Waals surface area contributed by atoms with Gasteiger partial charge in [-0.05, 0) is 52.8 Å². The highest BCUT2D eigenvalue weighted by Gasteiger charge is 2.47. The Morgan fingerprint density at radius 2 is 1.44 bits per heavy atom. The summed E-state index contributed by atoms with van der Waals surface area (Å²) >= 11 is 0. The summed E-state index contributed by atoms with van der Waals surface area (Å²) < 4.78 is 0. The van der Waals surface area contributed by atoms with Gasteiger partial charge in [-0.1, -0.05) is 84.0 Å². The Balaban J connectivity index is 1.84. The molecule has 1 heterocycles. The monoisotopic (exact) mass is 436 g/mol. The van der Waals surface area contributed by atoms with Gasteiger partial charge in [-0.15, -0.1) is 0 Å².